The van der Waals surface area contributed by atoms with Crippen LogP contribution in [0.1, 0.15) is 26.7 Å². The van der Waals surface area contributed by atoms with Crippen LogP contribution in [0.4, 0.5) is 10.6 Å². The average molecular weight is 408 g/mol. The van der Waals surface area contributed by atoms with E-state index in [0.717, 1.165) is 41.7 Å². The Kier molecular flexibility index (Phi) is 4.31. The van der Waals surface area contributed by atoms with Crippen LogP contribution in [0.25, 0.3) is 5.52 Å². The molecule has 0 N–H and O–H groups in total. The van der Waals surface area contributed by atoms with Crippen molar-refractivity contribution >= 4 is 33.4 Å². The minimum atomic E-state index is -0.167. The molecule has 4 rings (SSSR count). The van der Waals surface area contributed by atoms with Crippen molar-refractivity contribution in [1.29, 1.82) is 0 Å². The van der Waals surface area contributed by atoms with Crippen molar-refractivity contribution in [3.05, 3.63) is 23.1 Å². The fourth-order valence-electron chi connectivity index (χ4n) is 3.82. The van der Waals surface area contributed by atoms with Gasteiger partial charge in [-0.2, -0.15) is 5.10 Å². The Labute approximate surface area is 155 Å². The molecule has 2 aliphatic rings. The van der Waals surface area contributed by atoms with Gasteiger partial charge in [0.05, 0.1) is 18.7 Å². The SMILES string of the molecule is CC(C)COC(=O)N1C2CCC1CN(c1ncnn3cc(Br)cc13)C2. The first kappa shape index (κ1) is 16.6. The van der Waals surface area contributed by atoms with Crippen LogP contribution in [0.5, 0.6) is 0 Å². The van der Waals surface area contributed by atoms with Gasteiger partial charge in [0, 0.05) is 23.8 Å². The summed E-state index contributed by atoms with van der Waals surface area (Å²) in [5.74, 6) is 1.28. The van der Waals surface area contributed by atoms with Gasteiger partial charge in [0.2, 0.25) is 0 Å². The van der Waals surface area contributed by atoms with Crippen molar-refractivity contribution in [2.75, 3.05) is 24.6 Å². The van der Waals surface area contributed by atoms with E-state index in [2.05, 4.69) is 44.8 Å². The maximum atomic E-state index is 12.5. The summed E-state index contributed by atoms with van der Waals surface area (Å²) in [6.07, 6.45) is 5.38. The quantitative estimate of drug-likeness (QED) is 0.782. The van der Waals surface area contributed by atoms with Gasteiger partial charge in [-0.1, -0.05) is 13.8 Å². The number of carbonyl (C=O) groups excluding carboxylic acids is 1. The molecule has 0 saturated carbocycles. The molecule has 2 atom stereocenters. The Morgan fingerprint density at radius 3 is 2.76 bits per heavy atom. The lowest BCUT2D eigenvalue weighted by atomic mass is 10.2. The lowest BCUT2D eigenvalue weighted by Gasteiger charge is -2.41. The number of hydrogen-bond acceptors (Lipinski definition) is 5. The van der Waals surface area contributed by atoms with E-state index in [-0.39, 0.29) is 18.2 Å². The number of hydrogen-bond donors (Lipinski definition) is 0. The fraction of sp³-hybridized carbons (Fsp3) is 0.588. The van der Waals surface area contributed by atoms with E-state index in [1.165, 1.54) is 0 Å². The van der Waals surface area contributed by atoms with Crippen molar-refractivity contribution < 1.29 is 9.53 Å². The van der Waals surface area contributed by atoms with Crippen LogP contribution in [0.15, 0.2) is 23.1 Å². The third-order valence-corrected chi connectivity index (χ3v) is 5.32. The first-order valence-corrected chi connectivity index (χ1v) is 9.51. The number of piperazine rings is 1. The molecule has 2 aromatic heterocycles. The zero-order valence-electron chi connectivity index (χ0n) is 14.4. The molecule has 2 aliphatic heterocycles. The smallest absolute Gasteiger partial charge is 0.410 e. The Hall–Kier alpha value is -1.83. The van der Waals surface area contributed by atoms with Gasteiger partial charge in [0.1, 0.15) is 11.8 Å². The lowest BCUT2D eigenvalue weighted by Crippen LogP contribution is -2.56. The number of rotatable bonds is 3. The van der Waals surface area contributed by atoms with Crippen LogP contribution in [0.3, 0.4) is 0 Å². The van der Waals surface area contributed by atoms with Gasteiger partial charge in [0.15, 0.2) is 5.82 Å². The first-order valence-electron chi connectivity index (χ1n) is 8.72. The molecule has 2 bridgehead atoms. The average Bonchev–Trinajstić information content (AvgIpc) is 3.08. The molecule has 8 heteroatoms. The maximum Gasteiger partial charge on any atom is 0.410 e. The molecule has 4 heterocycles. The second kappa shape index (κ2) is 6.48. The largest absolute Gasteiger partial charge is 0.449 e. The molecule has 0 aromatic carbocycles. The molecule has 2 unspecified atom stereocenters. The number of carbonyl (C=O) groups is 1. The Bertz CT molecular complexity index is 778. The molecule has 2 fully saturated rings. The molecular formula is C17H22BrN5O2. The van der Waals surface area contributed by atoms with Crippen molar-refractivity contribution in [1.82, 2.24) is 19.5 Å². The van der Waals surface area contributed by atoms with Gasteiger partial charge in [-0.05, 0) is 40.8 Å². The predicted octanol–water partition coefficient (Wildman–Crippen LogP) is 2.94. The number of aromatic nitrogens is 3. The summed E-state index contributed by atoms with van der Waals surface area (Å²) < 4.78 is 8.28. The van der Waals surface area contributed by atoms with Gasteiger partial charge >= 0.3 is 6.09 Å². The number of amides is 1. The minimum absolute atomic E-state index is 0.167. The Morgan fingerprint density at radius 1 is 1.36 bits per heavy atom. The van der Waals surface area contributed by atoms with Crippen molar-refractivity contribution in [3.8, 4) is 0 Å². The van der Waals surface area contributed by atoms with Crippen molar-refractivity contribution in [2.24, 2.45) is 5.92 Å². The summed E-state index contributed by atoms with van der Waals surface area (Å²) >= 11 is 3.50. The molecular weight excluding hydrogens is 386 g/mol. The molecule has 0 aliphatic carbocycles. The monoisotopic (exact) mass is 407 g/mol. The highest BCUT2D eigenvalue weighted by atomic mass is 79.9. The van der Waals surface area contributed by atoms with E-state index in [4.69, 9.17) is 4.74 Å². The number of anilines is 1. The molecule has 7 nitrogen and oxygen atoms in total. The molecule has 2 aromatic rings. The third kappa shape index (κ3) is 3.07. The highest BCUT2D eigenvalue weighted by Gasteiger charge is 2.44. The van der Waals surface area contributed by atoms with E-state index in [0.29, 0.717) is 12.5 Å². The van der Waals surface area contributed by atoms with Crippen LogP contribution < -0.4 is 4.90 Å². The molecule has 25 heavy (non-hydrogen) atoms. The van der Waals surface area contributed by atoms with E-state index in [9.17, 15) is 4.79 Å². The molecule has 0 radical (unpaired) electrons. The topological polar surface area (TPSA) is 63.0 Å². The maximum absolute atomic E-state index is 12.5. The Balaban J connectivity index is 1.54. The minimum Gasteiger partial charge on any atom is -0.449 e. The highest BCUT2D eigenvalue weighted by molar-refractivity contribution is 9.10. The van der Waals surface area contributed by atoms with E-state index >= 15 is 0 Å². The summed E-state index contributed by atoms with van der Waals surface area (Å²) in [6.45, 7) is 6.14. The van der Waals surface area contributed by atoms with Gasteiger partial charge < -0.3 is 9.64 Å². The lowest BCUT2D eigenvalue weighted by molar-refractivity contribution is 0.0704. The standard InChI is InChI=1S/C17H22BrN5O2/c1-11(2)9-25-17(24)23-13-3-4-14(23)8-21(7-13)16-15-5-12(18)6-22(15)20-10-19-16/h5-6,10-11,13-14H,3-4,7-9H2,1-2H3. The Morgan fingerprint density at radius 2 is 2.08 bits per heavy atom. The van der Waals surface area contributed by atoms with Gasteiger partial charge in [0.25, 0.3) is 0 Å². The van der Waals surface area contributed by atoms with Crippen LogP contribution in [0, 0.1) is 5.92 Å². The summed E-state index contributed by atoms with van der Waals surface area (Å²) in [7, 11) is 0. The number of nitrogens with zero attached hydrogens (tertiary/aromatic N) is 5. The third-order valence-electron chi connectivity index (χ3n) is 4.88. The summed E-state index contributed by atoms with van der Waals surface area (Å²) in [5.41, 5.74) is 0.976. The molecule has 2 saturated heterocycles. The molecule has 1 amide bonds. The fourth-order valence-corrected chi connectivity index (χ4v) is 4.23. The van der Waals surface area contributed by atoms with Crippen LogP contribution >= 0.6 is 15.9 Å². The zero-order chi connectivity index (χ0) is 17.6. The second-order valence-electron chi connectivity index (χ2n) is 7.24. The number of fused-ring (bicyclic) bond motifs is 3. The zero-order valence-corrected chi connectivity index (χ0v) is 16.0. The number of ether oxygens (including phenoxy) is 1. The van der Waals surface area contributed by atoms with Crippen molar-refractivity contribution in [3.63, 3.8) is 0 Å². The summed E-state index contributed by atoms with van der Waals surface area (Å²) in [4.78, 5) is 21.2. The van der Waals surface area contributed by atoms with Gasteiger partial charge in [-0.15, -0.1) is 0 Å². The van der Waals surface area contributed by atoms with Crippen LogP contribution in [-0.2, 0) is 4.74 Å². The first-order chi connectivity index (χ1) is 12.0. The molecule has 134 valence electrons. The van der Waals surface area contributed by atoms with Gasteiger partial charge in [-0.3, -0.25) is 4.90 Å². The summed E-state index contributed by atoms with van der Waals surface area (Å²) in [6, 6.07) is 2.40. The van der Waals surface area contributed by atoms with Gasteiger partial charge in [-0.25, -0.2) is 14.3 Å². The van der Waals surface area contributed by atoms with E-state index in [1.54, 1.807) is 6.33 Å². The van der Waals surface area contributed by atoms with E-state index in [1.807, 2.05) is 21.7 Å². The second-order valence-corrected chi connectivity index (χ2v) is 8.16. The molecule has 0 spiro atoms. The van der Waals surface area contributed by atoms with Crippen molar-refractivity contribution in [2.45, 2.75) is 38.8 Å². The normalized spacial score (nSPS) is 22.9. The van der Waals surface area contributed by atoms with Crippen LogP contribution in [0.2, 0.25) is 0 Å². The number of halogens is 1. The summed E-state index contributed by atoms with van der Waals surface area (Å²) in [5, 5.41) is 4.26. The van der Waals surface area contributed by atoms with E-state index < -0.39 is 0 Å². The predicted molar refractivity (Wildman–Crippen MR) is 97.7 cm³/mol. The van der Waals surface area contributed by atoms with Crippen LogP contribution in [-0.4, -0.2) is 57.4 Å². The highest BCUT2D eigenvalue weighted by Crippen LogP contribution is 2.34.